The van der Waals surface area contributed by atoms with Gasteiger partial charge < -0.3 is 10.2 Å². The minimum atomic E-state index is -4.65. The fourth-order valence-electron chi connectivity index (χ4n) is 4.75. The molecule has 33 heavy (non-hydrogen) atoms. The zero-order valence-corrected chi connectivity index (χ0v) is 18.1. The van der Waals surface area contributed by atoms with Crippen LogP contribution in [0.15, 0.2) is 30.5 Å². The lowest BCUT2D eigenvalue weighted by Gasteiger charge is -2.33. The van der Waals surface area contributed by atoms with E-state index in [-0.39, 0.29) is 23.6 Å². The van der Waals surface area contributed by atoms with Crippen LogP contribution in [-0.4, -0.2) is 33.7 Å². The number of nitrogens with one attached hydrogen (secondary N) is 1. The van der Waals surface area contributed by atoms with Crippen molar-refractivity contribution in [3.8, 4) is 0 Å². The molecule has 0 radical (unpaired) electrons. The smallest absolute Gasteiger partial charge is 0.366 e. The molecule has 1 amide bonds. The van der Waals surface area contributed by atoms with E-state index in [1.807, 2.05) is 4.68 Å². The maximum atomic E-state index is 13.0. The molecular formula is C22H26F3N5O3. The number of benzene rings is 1. The second-order valence-corrected chi connectivity index (χ2v) is 8.66. The summed E-state index contributed by atoms with van der Waals surface area (Å²) >= 11 is 0. The number of piperidine rings is 1. The van der Waals surface area contributed by atoms with E-state index in [4.69, 9.17) is 0 Å². The molecule has 2 fully saturated rings. The van der Waals surface area contributed by atoms with Gasteiger partial charge in [-0.05, 0) is 37.8 Å². The number of aromatic nitrogens is 2. The number of carbonyl (C=O) groups excluding carboxylic acids is 1. The first-order chi connectivity index (χ1) is 15.7. The Kier molecular flexibility index (Phi) is 6.57. The van der Waals surface area contributed by atoms with Gasteiger partial charge in [0, 0.05) is 31.1 Å². The molecule has 1 saturated heterocycles. The van der Waals surface area contributed by atoms with Gasteiger partial charge in [0.05, 0.1) is 22.7 Å². The molecule has 11 heteroatoms. The highest BCUT2D eigenvalue weighted by molar-refractivity contribution is 5.92. The summed E-state index contributed by atoms with van der Waals surface area (Å²) in [4.78, 5) is 25.1. The largest absolute Gasteiger partial charge is 0.416 e. The van der Waals surface area contributed by atoms with Crippen LogP contribution in [0.5, 0.6) is 0 Å². The lowest BCUT2D eigenvalue weighted by atomic mass is 9.95. The highest BCUT2D eigenvalue weighted by Crippen LogP contribution is 2.38. The molecule has 1 aromatic carbocycles. The third kappa shape index (κ3) is 5.12. The Balaban J connectivity index is 1.40. The number of halogens is 3. The Bertz CT molecular complexity index is 1010. The van der Waals surface area contributed by atoms with Crippen LogP contribution in [0.25, 0.3) is 0 Å². The summed E-state index contributed by atoms with van der Waals surface area (Å²) in [6.07, 6.45) is 3.50. The molecule has 4 rings (SSSR count). The summed E-state index contributed by atoms with van der Waals surface area (Å²) in [6, 6.07) is 4.64. The monoisotopic (exact) mass is 465 g/mol. The van der Waals surface area contributed by atoms with Gasteiger partial charge in [-0.25, -0.2) is 4.68 Å². The molecule has 0 atom stereocenters. The summed E-state index contributed by atoms with van der Waals surface area (Å²) in [5.74, 6) is 0.256. The molecule has 2 aliphatic rings. The zero-order valence-electron chi connectivity index (χ0n) is 18.1. The summed E-state index contributed by atoms with van der Waals surface area (Å²) in [5.41, 5.74) is -1.49. The predicted molar refractivity (Wildman–Crippen MR) is 116 cm³/mol. The van der Waals surface area contributed by atoms with Crippen LogP contribution in [-0.2, 0) is 11.0 Å². The summed E-state index contributed by atoms with van der Waals surface area (Å²) in [5, 5.41) is 18.8. The topological polar surface area (TPSA) is 93.3 Å². The predicted octanol–water partition coefficient (Wildman–Crippen LogP) is 5.17. The van der Waals surface area contributed by atoms with Crippen LogP contribution in [0, 0.1) is 16.0 Å². The van der Waals surface area contributed by atoms with E-state index in [2.05, 4.69) is 10.4 Å². The third-order valence-electron chi connectivity index (χ3n) is 6.55. The van der Waals surface area contributed by atoms with Gasteiger partial charge in [0.2, 0.25) is 5.91 Å². The van der Waals surface area contributed by atoms with E-state index >= 15 is 0 Å². The van der Waals surface area contributed by atoms with Crippen molar-refractivity contribution in [2.75, 3.05) is 23.3 Å². The Morgan fingerprint density at radius 3 is 2.42 bits per heavy atom. The summed E-state index contributed by atoms with van der Waals surface area (Å²) in [6.45, 7) is 0.679. The minimum absolute atomic E-state index is 0.130. The number of carbonyl (C=O) groups is 1. The maximum Gasteiger partial charge on any atom is 0.416 e. The molecule has 1 aliphatic heterocycles. The van der Waals surface area contributed by atoms with E-state index in [1.165, 1.54) is 6.42 Å². The van der Waals surface area contributed by atoms with Crippen LogP contribution < -0.4 is 10.2 Å². The normalized spacial score (nSPS) is 18.3. The second-order valence-electron chi connectivity index (χ2n) is 8.66. The molecule has 1 saturated carbocycles. The molecule has 2 aromatic rings. The van der Waals surface area contributed by atoms with E-state index in [1.54, 1.807) is 17.2 Å². The van der Waals surface area contributed by atoms with Crippen molar-refractivity contribution in [1.82, 2.24) is 9.78 Å². The van der Waals surface area contributed by atoms with E-state index in [9.17, 15) is 28.1 Å². The fourth-order valence-corrected chi connectivity index (χ4v) is 4.75. The minimum Gasteiger partial charge on any atom is -0.366 e. The molecule has 0 unspecified atom stereocenters. The van der Waals surface area contributed by atoms with Crippen molar-refractivity contribution in [3.63, 3.8) is 0 Å². The van der Waals surface area contributed by atoms with Gasteiger partial charge in [0.25, 0.3) is 5.69 Å². The Labute approximate surface area is 188 Å². The van der Waals surface area contributed by atoms with Crippen molar-refractivity contribution in [2.45, 2.75) is 57.2 Å². The standard InChI is InChI=1S/C22H26F3N5O3/c23-22(24,25)16-6-7-18(19(14-16)30(32)33)28-12-9-15(10-13-28)21(31)27-20-8-11-26-29(20)17-4-2-1-3-5-17/h6-8,11,14-15,17H,1-5,9-10,12-13H2,(H,27,31). The van der Waals surface area contributed by atoms with Crippen molar-refractivity contribution in [3.05, 3.63) is 46.1 Å². The van der Waals surface area contributed by atoms with Gasteiger partial charge in [-0.2, -0.15) is 18.3 Å². The maximum absolute atomic E-state index is 13.0. The average Bonchev–Trinajstić information content (AvgIpc) is 3.27. The van der Waals surface area contributed by atoms with Crippen molar-refractivity contribution < 1.29 is 22.9 Å². The van der Waals surface area contributed by atoms with Crippen LogP contribution in [0.2, 0.25) is 0 Å². The Hall–Kier alpha value is -3.11. The molecular weight excluding hydrogens is 439 g/mol. The van der Waals surface area contributed by atoms with Gasteiger partial charge in [-0.15, -0.1) is 0 Å². The highest BCUT2D eigenvalue weighted by atomic mass is 19.4. The van der Waals surface area contributed by atoms with E-state index in [0.29, 0.717) is 37.8 Å². The molecule has 0 spiro atoms. The molecule has 8 nitrogen and oxygen atoms in total. The first kappa shape index (κ1) is 23.1. The number of nitro groups is 1. The molecule has 178 valence electrons. The highest BCUT2D eigenvalue weighted by Gasteiger charge is 2.35. The van der Waals surface area contributed by atoms with Gasteiger partial charge >= 0.3 is 6.18 Å². The van der Waals surface area contributed by atoms with Crippen LogP contribution in [0.1, 0.15) is 56.6 Å². The molecule has 1 aromatic heterocycles. The van der Waals surface area contributed by atoms with Crippen LogP contribution >= 0.6 is 0 Å². The fraction of sp³-hybridized carbons (Fsp3) is 0.545. The number of anilines is 2. The van der Waals surface area contributed by atoms with E-state index in [0.717, 1.165) is 37.8 Å². The number of hydrogen-bond donors (Lipinski definition) is 1. The SMILES string of the molecule is O=C(Nc1ccnn1C1CCCCC1)C1CCN(c2ccc(C(F)(F)F)cc2[N+](=O)[O-])CC1. The summed E-state index contributed by atoms with van der Waals surface area (Å²) in [7, 11) is 0. The second kappa shape index (κ2) is 9.40. The van der Waals surface area contributed by atoms with Crippen molar-refractivity contribution in [2.24, 2.45) is 5.92 Å². The molecule has 1 aliphatic carbocycles. The number of hydrogen-bond acceptors (Lipinski definition) is 5. The third-order valence-corrected chi connectivity index (χ3v) is 6.55. The van der Waals surface area contributed by atoms with Crippen molar-refractivity contribution >= 4 is 23.1 Å². The quantitative estimate of drug-likeness (QED) is 0.486. The van der Waals surface area contributed by atoms with E-state index < -0.39 is 22.4 Å². The zero-order chi connectivity index (χ0) is 23.6. The van der Waals surface area contributed by atoms with Gasteiger partial charge in [0.1, 0.15) is 11.5 Å². The lowest BCUT2D eigenvalue weighted by molar-refractivity contribution is -0.384. The number of rotatable bonds is 5. The number of amides is 1. The molecule has 1 N–H and O–H groups in total. The van der Waals surface area contributed by atoms with Crippen molar-refractivity contribution in [1.29, 1.82) is 0 Å². The number of alkyl halides is 3. The van der Waals surface area contributed by atoms with Gasteiger partial charge in [-0.3, -0.25) is 14.9 Å². The number of nitro benzene ring substituents is 1. The van der Waals surface area contributed by atoms with Gasteiger partial charge in [-0.1, -0.05) is 19.3 Å². The Morgan fingerprint density at radius 2 is 1.79 bits per heavy atom. The van der Waals surface area contributed by atoms with Crippen LogP contribution in [0.3, 0.4) is 0 Å². The number of nitrogens with zero attached hydrogens (tertiary/aromatic N) is 4. The lowest BCUT2D eigenvalue weighted by Crippen LogP contribution is -2.38. The summed E-state index contributed by atoms with van der Waals surface area (Å²) < 4.78 is 40.8. The Morgan fingerprint density at radius 1 is 1.09 bits per heavy atom. The first-order valence-electron chi connectivity index (χ1n) is 11.2. The molecule has 0 bridgehead atoms. The van der Waals surface area contributed by atoms with Crippen LogP contribution in [0.4, 0.5) is 30.4 Å². The first-order valence-corrected chi connectivity index (χ1v) is 11.2. The molecule has 2 heterocycles. The van der Waals surface area contributed by atoms with Gasteiger partial charge in [0.15, 0.2) is 0 Å². The average molecular weight is 465 g/mol.